The lowest BCUT2D eigenvalue weighted by atomic mass is 10.1. The molecule has 4 nitrogen and oxygen atoms in total. The highest BCUT2D eigenvalue weighted by atomic mass is 16.5. The van der Waals surface area contributed by atoms with E-state index >= 15 is 0 Å². The van der Waals surface area contributed by atoms with Gasteiger partial charge in [-0.15, -0.1) is 0 Å². The first-order valence-electron chi connectivity index (χ1n) is 6.49. The van der Waals surface area contributed by atoms with Crippen LogP contribution in [0.1, 0.15) is 38.9 Å². The normalized spacial score (nSPS) is 14.3. The van der Waals surface area contributed by atoms with Crippen molar-refractivity contribution < 1.29 is 9.84 Å². The molecule has 1 N–H and O–H groups in total. The summed E-state index contributed by atoms with van der Waals surface area (Å²) in [5, 5.41) is 9.63. The van der Waals surface area contributed by atoms with Crippen molar-refractivity contribution in [2.24, 2.45) is 0 Å². The molecular formula is C14H24N2O2. The third kappa shape index (κ3) is 3.96. The summed E-state index contributed by atoms with van der Waals surface area (Å²) in [5.41, 5.74) is 0.894. The third-order valence-corrected chi connectivity index (χ3v) is 3.21. The Balaban J connectivity index is 2.93. The summed E-state index contributed by atoms with van der Waals surface area (Å²) in [6, 6.07) is 4.20. The highest BCUT2D eigenvalue weighted by molar-refractivity contribution is 5.42. The van der Waals surface area contributed by atoms with Gasteiger partial charge in [0.15, 0.2) is 0 Å². The fraction of sp³-hybridized carbons (Fsp3) is 0.643. The molecule has 2 unspecified atom stereocenters. The third-order valence-electron chi connectivity index (χ3n) is 3.21. The van der Waals surface area contributed by atoms with E-state index in [9.17, 15) is 5.11 Å². The van der Waals surface area contributed by atoms with Crippen LogP contribution in [0.4, 0.5) is 5.82 Å². The maximum absolute atomic E-state index is 9.63. The molecule has 1 heterocycles. The molecule has 18 heavy (non-hydrogen) atoms. The highest BCUT2D eigenvalue weighted by Crippen LogP contribution is 2.20. The van der Waals surface area contributed by atoms with Crippen LogP contribution in [0, 0.1) is 0 Å². The zero-order valence-corrected chi connectivity index (χ0v) is 11.8. The number of aliphatic hydroxyl groups excluding tert-OH is 1. The smallest absolute Gasteiger partial charge is 0.129 e. The topological polar surface area (TPSA) is 45.6 Å². The number of aromatic nitrogens is 1. The lowest BCUT2D eigenvalue weighted by molar-refractivity contribution is 0.198. The number of aliphatic hydroxyl groups is 1. The molecule has 1 aromatic rings. The summed E-state index contributed by atoms with van der Waals surface area (Å²) >= 11 is 0. The van der Waals surface area contributed by atoms with Gasteiger partial charge >= 0.3 is 0 Å². The number of hydrogen-bond acceptors (Lipinski definition) is 4. The molecule has 1 rings (SSSR count). The van der Waals surface area contributed by atoms with Crippen LogP contribution >= 0.6 is 0 Å². The molecule has 0 saturated heterocycles. The first-order valence-corrected chi connectivity index (χ1v) is 6.49. The van der Waals surface area contributed by atoms with Gasteiger partial charge in [-0.05, 0) is 38.0 Å². The van der Waals surface area contributed by atoms with Crippen molar-refractivity contribution in [3.05, 3.63) is 23.9 Å². The van der Waals surface area contributed by atoms with E-state index in [0.29, 0.717) is 12.6 Å². The molecule has 0 aliphatic heterocycles. The van der Waals surface area contributed by atoms with E-state index in [1.807, 2.05) is 12.1 Å². The van der Waals surface area contributed by atoms with E-state index in [4.69, 9.17) is 4.74 Å². The Morgan fingerprint density at radius 3 is 2.72 bits per heavy atom. The summed E-state index contributed by atoms with van der Waals surface area (Å²) in [6.07, 6.45) is 2.33. The molecule has 0 aliphatic carbocycles. The van der Waals surface area contributed by atoms with Gasteiger partial charge in [0.1, 0.15) is 5.82 Å². The summed E-state index contributed by atoms with van der Waals surface area (Å²) in [5.74, 6) is 0.903. The first-order chi connectivity index (χ1) is 8.60. The van der Waals surface area contributed by atoms with Crippen LogP contribution in [0.3, 0.4) is 0 Å². The second kappa shape index (κ2) is 7.34. The van der Waals surface area contributed by atoms with E-state index in [2.05, 4.69) is 23.7 Å². The summed E-state index contributed by atoms with van der Waals surface area (Å²) in [4.78, 5) is 6.62. The van der Waals surface area contributed by atoms with Crippen molar-refractivity contribution in [3.63, 3.8) is 0 Å². The molecule has 0 aromatic carbocycles. The summed E-state index contributed by atoms with van der Waals surface area (Å²) in [7, 11) is 1.70. The average Bonchev–Trinajstić information content (AvgIpc) is 2.39. The molecule has 1 aromatic heterocycles. The second-order valence-electron chi connectivity index (χ2n) is 4.57. The predicted octanol–water partition coefficient (Wildman–Crippen LogP) is 2.39. The van der Waals surface area contributed by atoms with Crippen LogP contribution in [-0.4, -0.2) is 36.4 Å². The Hall–Kier alpha value is -1.13. The number of ether oxygens (including phenoxy) is 1. The van der Waals surface area contributed by atoms with Crippen molar-refractivity contribution in [3.8, 4) is 0 Å². The molecule has 0 fully saturated rings. The largest absolute Gasteiger partial charge is 0.389 e. The van der Waals surface area contributed by atoms with Crippen molar-refractivity contribution >= 4 is 5.82 Å². The Morgan fingerprint density at radius 1 is 1.44 bits per heavy atom. The van der Waals surface area contributed by atoms with Crippen LogP contribution in [-0.2, 0) is 4.74 Å². The number of pyridine rings is 1. The van der Waals surface area contributed by atoms with Crippen molar-refractivity contribution in [2.75, 3.05) is 25.2 Å². The Morgan fingerprint density at radius 2 is 2.17 bits per heavy atom. The van der Waals surface area contributed by atoms with Crippen molar-refractivity contribution in [1.82, 2.24) is 4.98 Å². The fourth-order valence-corrected chi connectivity index (χ4v) is 1.82. The maximum atomic E-state index is 9.63. The minimum absolute atomic E-state index is 0.400. The molecule has 2 atom stereocenters. The van der Waals surface area contributed by atoms with Crippen LogP contribution in [0.5, 0.6) is 0 Å². The van der Waals surface area contributed by atoms with Gasteiger partial charge in [0, 0.05) is 25.9 Å². The lowest BCUT2D eigenvalue weighted by Crippen LogP contribution is -2.36. The predicted molar refractivity (Wildman–Crippen MR) is 73.8 cm³/mol. The Labute approximate surface area is 110 Å². The number of anilines is 1. The van der Waals surface area contributed by atoms with Crippen molar-refractivity contribution in [1.29, 1.82) is 0 Å². The van der Waals surface area contributed by atoms with Gasteiger partial charge in [0.25, 0.3) is 0 Å². The van der Waals surface area contributed by atoms with E-state index in [-0.39, 0.29) is 0 Å². The molecular weight excluding hydrogens is 228 g/mol. The number of nitrogens with zero attached hydrogens (tertiary/aromatic N) is 2. The van der Waals surface area contributed by atoms with E-state index < -0.39 is 6.10 Å². The molecule has 0 bridgehead atoms. The molecule has 0 spiro atoms. The maximum Gasteiger partial charge on any atom is 0.129 e. The monoisotopic (exact) mass is 252 g/mol. The molecule has 4 heteroatoms. The number of methoxy groups -OCH3 is 1. The average molecular weight is 252 g/mol. The molecule has 0 amide bonds. The highest BCUT2D eigenvalue weighted by Gasteiger charge is 2.15. The van der Waals surface area contributed by atoms with Gasteiger partial charge in [0.2, 0.25) is 0 Å². The minimum atomic E-state index is -0.465. The number of rotatable bonds is 7. The van der Waals surface area contributed by atoms with Crippen LogP contribution in [0.2, 0.25) is 0 Å². The van der Waals surface area contributed by atoms with Gasteiger partial charge in [-0.1, -0.05) is 6.92 Å². The minimum Gasteiger partial charge on any atom is -0.389 e. The SMILES string of the molecule is CCC(C)N(CCOC)c1cc(C(C)O)ccn1. The van der Waals surface area contributed by atoms with E-state index in [1.54, 1.807) is 20.2 Å². The van der Waals surface area contributed by atoms with Gasteiger partial charge < -0.3 is 14.7 Å². The van der Waals surface area contributed by atoms with Gasteiger partial charge in [-0.25, -0.2) is 4.98 Å². The Bertz CT molecular complexity index is 355. The first kappa shape index (κ1) is 14.9. The summed E-state index contributed by atoms with van der Waals surface area (Å²) in [6.45, 7) is 7.57. The van der Waals surface area contributed by atoms with Crippen LogP contribution in [0.25, 0.3) is 0 Å². The van der Waals surface area contributed by atoms with E-state index in [1.165, 1.54) is 0 Å². The zero-order chi connectivity index (χ0) is 13.5. The molecule has 0 radical (unpaired) electrons. The molecule has 0 aliphatic rings. The van der Waals surface area contributed by atoms with Gasteiger partial charge in [0.05, 0.1) is 12.7 Å². The van der Waals surface area contributed by atoms with Gasteiger partial charge in [-0.2, -0.15) is 0 Å². The standard InChI is InChI=1S/C14H24N2O2/c1-5-11(2)16(8-9-18-4)14-10-13(12(3)17)6-7-15-14/h6-7,10-12,17H,5,8-9H2,1-4H3. The zero-order valence-electron chi connectivity index (χ0n) is 11.8. The van der Waals surface area contributed by atoms with Crippen molar-refractivity contribution in [2.45, 2.75) is 39.3 Å². The molecule has 102 valence electrons. The summed E-state index contributed by atoms with van der Waals surface area (Å²) < 4.78 is 5.15. The number of hydrogen-bond donors (Lipinski definition) is 1. The Kier molecular flexibility index (Phi) is 6.09. The molecule has 0 saturated carbocycles. The van der Waals surface area contributed by atoms with Crippen LogP contribution in [0.15, 0.2) is 18.3 Å². The van der Waals surface area contributed by atoms with E-state index in [0.717, 1.165) is 24.3 Å². The second-order valence-corrected chi connectivity index (χ2v) is 4.57. The van der Waals surface area contributed by atoms with Gasteiger partial charge in [-0.3, -0.25) is 0 Å². The van der Waals surface area contributed by atoms with Crippen LogP contribution < -0.4 is 4.90 Å². The fourth-order valence-electron chi connectivity index (χ4n) is 1.82. The lowest BCUT2D eigenvalue weighted by Gasteiger charge is -2.29. The quantitative estimate of drug-likeness (QED) is 0.809.